The molecule has 4 rings (SSSR count). The molecule has 3 aromatic rings. The van der Waals surface area contributed by atoms with Gasteiger partial charge in [0.2, 0.25) is 0 Å². The molecule has 0 unspecified atom stereocenters. The smallest absolute Gasteiger partial charge is 0.256 e. The first-order valence-electron chi connectivity index (χ1n) is 12.5. The Morgan fingerprint density at radius 3 is 2.47 bits per heavy atom. The Morgan fingerprint density at radius 1 is 1.06 bits per heavy atom. The minimum absolute atomic E-state index is 0. The van der Waals surface area contributed by atoms with Crippen LogP contribution < -0.4 is 10.1 Å². The standard InChI is InChI=1S/C28H35ClN4O2.ClH/c1-20(2)19-35-26-12-11-25(29)16-24(26)18-33-21(3)15-27(31-33)30-28(34)23-9-7-22(8-10-23)17-32-13-5-4-6-14-32;/h7-12,15-16,20H,4-6,13-14,17-19H2,1-3H3,(H,30,31,34);1H. The number of amides is 1. The second kappa shape index (κ2) is 13.1. The summed E-state index contributed by atoms with van der Waals surface area (Å²) in [7, 11) is 0. The van der Waals surface area contributed by atoms with Crippen LogP contribution in [0.3, 0.4) is 0 Å². The van der Waals surface area contributed by atoms with Crippen LogP contribution in [0.4, 0.5) is 5.82 Å². The molecule has 194 valence electrons. The zero-order valence-electron chi connectivity index (χ0n) is 21.3. The predicted molar refractivity (Wildman–Crippen MR) is 149 cm³/mol. The van der Waals surface area contributed by atoms with E-state index >= 15 is 0 Å². The molecular formula is C28H36Cl2N4O2. The summed E-state index contributed by atoms with van der Waals surface area (Å²) < 4.78 is 7.83. The van der Waals surface area contributed by atoms with E-state index in [0.717, 1.165) is 36.6 Å². The fourth-order valence-corrected chi connectivity index (χ4v) is 4.48. The van der Waals surface area contributed by atoms with Crippen molar-refractivity contribution < 1.29 is 9.53 Å². The first-order chi connectivity index (χ1) is 16.9. The number of hydrogen-bond acceptors (Lipinski definition) is 4. The van der Waals surface area contributed by atoms with Gasteiger partial charge in [-0.15, -0.1) is 12.4 Å². The molecule has 6 nitrogen and oxygen atoms in total. The van der Waals surface area contributed by atoms with E-state index in [2.05, 4.69) is 29.2 Å². The molecular weight excluding hydrogens is 495 g/mol. The van der Waals surface area contributed by atoms with Gasteiger partial charge in [0.1, 0.15) is 5.75 Å². The Kier molecular flexibility index (Phi) is 10.2. The van der Waals surface area contributed by atoms with Crippen molar-refractivity contribution >= 4 is 35.7 Å². The quantitative estimate of drug-likeness (QED) is 0.339. The lowest BCUT2D eigenvalue weighted by Crippen LogP contribution is -2.29. The maximum atomic E-state index is 12.8. The van der Waals surface area contributed by atoms with Gasteiger partial charge < -0.3 is 10.1 Å². The molecule has 0 bridgehead atoms. The highest BCUT2D eigenvalue weighted by molar-refractivity contribution is 6.30. The number of carbonyl (C=O) groups excluding carboxylic acids is 1. The molecule has 1 aromatic heterocycles. The van der Waals surface area contributed by atoms with Crippen LogP contribution in [-0.2, 0) is 13.1 Å². The van der Waals surface area contributed by atoms with Crippen molar-refractivity contribution in [1.82, 2.24) is 14.7 Å². The van der Waals surface area contributed by atoms with E-state index in [1.807, 2.05) is 60.1 Å². The lowest BCUT2D eigenvalue weighted by atomic mass is 10.1. The number of hydrogen-bond donors (Lipinski definition) is 1. The largest absolute Gasteiger partial charge is 0.493 e. The SMILES string of the molecule is Cc1cc(NC(=O)c2ccc(CN3CCCCC3)cc2)nn1Cc1cc(Cl)ccc1OCC(C)C.Cl. The van der Waals surface area contributed by atoms with Crippen LogP contribution in [0.15, 0.2) is 48.5 Å². The van der Waals surface area contributed by atoms with Crippen molar-refractivity contribution in [2.24, 2.45) is 5.92 Å². The lowest BCUT2D eigenvalue weighted by Gasteiger charge is -2.26. The van der Waals surface area contributed by atoms with Gasteiger partial charge in [-0.25, -0.2) is 0 Å². The average molecular weight is 532 g/mol. The fraction of sp³-hybridized carbons (Fsp3) is 0.429. The predicted octanol–water partition coefficient (Wildman–Crippen LogP) is 6.59. The van der Waals surface area contributed by atoms with Crippen LogP contribution in [0.25, 0.3) is 0 Å². The summed E-state index contributed by atoms with van der Waals surface area (Å²) in [6, 6.07) is 15.4. The number of aromatic nitrogens is 2. The number of likely N-dealkylation sites (tertiary alicyclic amines) is 1. The highest BCUT2D eigenvalue weighted by Crippen LogP contribution is 2.25. The van der Waals surface area contributed by atoms with Crippen molar-refractivity contribution in [3.05, 3.63) is 75.9 Å². The highest BCUT2D eigenvalue weighted by atomic mass is 35.5. The van der Waals surface area contributed by atoms with Crippen molar-refractivity contribution in [2.45, 2.75) is 53.1 Å². The third-order valence-corrected chi connectivity index (χ3v) is 6.44. The summed E-state index contributed by atoms with van der Waals surface area (Å²) in [6.07, 6.45) is 3.88. The summed E-state index contributed by atoms with van der Waals surface area (Å²) in [6.45, 7) is 10.6. The van der Waals surface area contributed by atoms with Gasteiger partial charge >= 0.3 is 0 Å². The van der Waals surface area contributed by atoms with Gasteiger partial charge in [0.15, 0.2) is 5.82 Å². The summed E-state index contributed by atoms with van der Waals surface area (Å²) >= 11 is 6.25. The first kappa shape index (κ1) is 28.0. The van der Waals surface area contributed by atoms with Gasteiger partial charge in [-0.3, -0.25) is 14.4 Å². The van der Waals surface area contributed by atoms with Crippen LogP contribution in [0.1, 0.15) is 60.3 Å². The molecule has 0 radical (unpaired) electrons. The van der Waals surface area contributed by atoms with E-state index in [-0.39, 0.29) is 18.3 Å². The van der Waals surface area contributed by atoms with E-state index in [9.17, 15) is 4.79 Å². The molecule has 1 fully saturated rings. The second-order valence-corrected chi connectivity index (χ2v) is 10.2. The maximum absolute atomic E-state index is 12.8. The monoisotopic (exact) mass is 530 g/mol. The Bertz CT molecular complexity index is 1140. The molecule has 1 amide bonds. The van der Waals surface area contributed by atoms with E-state index in [1.165, 1.54) is 24.8 Å². The number of benzene rings is 2. The number of carbonyl (C=O) groups is 1. The molecule has 1 aliphatic rings. The molecule has 1 aliphatic heterocycles. The zero-order chi connectivity index (χ0) is 24.8. The minimum atomic E-state index is -0.164. The van der Waals surface area contributed by atoms with E-state index < -0.39 is 0 Å². The summed E-state index contributed by atoms with van der Waals surface area (Å²) in [5, 5.41) is 8.20. The van der Waals surface area contributed by atoms with Gasteiger partial charge in [0.05, 0.1) is 13.2 Å². The minimum Gasteiger partial charge on any atom is -0.493 e. The fourth-order valence-electron chi connectivity index (χ4n) is 4.29. The number of nitrogens with one attached hydrogen (secondary N) is 1. The summed E-state index contributed by atoms with van der Waals surface area (Å²) in [5.41, 5.74) is 3.75. The molecule has 2 heterocycles. The molecule has 0 aliphatic carbocycles. The zero-order valence-corrected chi connectivity index (χ0v) is 22.9. The Morgan fingerprint density at radius 2 is 1.78 bits per heavy atom. The molecule has 0 spiro atoms. The number of nitrogens with zero attached hydrogens (tertiary/aromatic N) is 3. The van der Waals surface area contributed by atoms with Crippen molar-refractivity contribution in [3.8, 4) is 5.75 Å². The molecule has 8 heteroatoms. The summed E-state index contributed by atoms with van der Waals surface area (Å²) in [4.78, 5) is 15.3. The van der Waals surface area contributed by atoms with Crippen LogP contribution in [-0.4, -0.2) is 40.3 Å². The average Bonchev–Trinajstić information content (AvgIpc) is 3.17. The van der Waals surface area contributed by atoms with Gasteiger partial charge in [-0.1, -0.05) is 44.0 Å². The van der Waals surface area contributed by atoms with E-state index in [1.54, 1.807) is 0 Å². The third-order valence-electron chi connectivity index (χ3n) is 6.21. The Labute approximate surface area is 225 Å². The van der Waals surface area contributed by atoms with Crippen LogP contribution in [0.2, 0.25) is 5.02 Å². The maximum Gasteiger partial charge on any atom is 0.256 e. The Hall–Kier alpha value is -2.54. The molecule has 36 heavy (non-hydrogen) atoms. The first-order valence-corrected chi connectivity index (χ1v) is 12.8. The number of piperidine rings is 1. The number of anilines is 1. The van der Waals surface area contributed by atoms with Crippen molar-refractivity contribution in [2.75, 3.05) is 25.0 Å². The van der Waals surface area contributed by atoms with Gasteiger partial charge in [0.25, 0.3) is 5.91 Å². The number of aryl methyl sites for hydroxylation is 1. The molecule has 1 saturated heterocycles. The van der Waals surface area contributed by atoms with Crippen molar-refractivity contribution in [3.63, 3.8) is 0 Å². The number of ether oxygens (including phenoxy) is 1. The van der Waals surface area contributed by atoms with Gasteiger partial charge in [-0.05, 0) is 74.7 Å². The second-order valence-electron chi connectivity index (χ2n) is 9.77. The normalized spacial score (nSPS) is 13.9. The number of halogens is 2. The lowest BCUT2D eigenvalue weighted by molar-refractivity contribution is 0.102. The topological polar surface area (TPSA) is 59.4 Å². The summed E-state index contributed by atoms with van der Waals surface area (Å²) in [5.74, 6) is 1.58. The van der Waals surface area contributed by atoms with Gasteiger partial charge in [-0.2, -0.15) is 5.10 Å². The van der Waals surface area contributed by atoms with Crippen molar-refractivity contribution in [1.29, 1.82) is 0 Å². The van der Waals surface area contributed by atoms with Crippen LogP contribution in [0.5, 0.6) is 5.75 Å². The molecule has 0 saturated carbocycles. The highest BCUT2D eigenvalue weighted by Gasteiger charge is 2.14. The van der Waals surface area contributed by atoms with Crippen LogP contribution >= 0.6 is 24.0 Å². The molecule has 2 aromatic carbocycles. The third kappa shape index (κ3) is 7.73. The van der Waals surface area contributed by atoms with E-state index in [0.29, 0.717) is 35.5 Å². The number of rotatable bonds is 9. The van der Waals surface area contributed by atoms with Crippen LogP contribution in [0, 0.1) is 12.8 Å². The molecule has 1 N–H and O–H groups in total. The Balaban J connectivity index is 0.00000361. The van der Waals surface area contributed by atoms with Gasteiger partial charge in [0, 0.05) is 34.5 Å². The van der Waals surface area contributed by atoms with E-state index in [4.69, 9.17) is 16.3 Å². The molecule has 0 atom stereocenters.